The maximum absolute atomic E-state index is 10.7. The largest absolute Gasteiger partial charge is 0.507 e. The van der Waals surface area contributed by atoms with Gasteiger partial charge in [-0.3, -0.25) is 0 Å². The lowest BCUT2D eigenvalue weighted by Gasteiger charge is -2.39. The fourth-order valence-corrected chi connectivity index (χ4v) is 4.00. The molecule has 0 amide bonds. The number of phenolic OH excluding ortho intramolecular Hbond substituents is 1. The predicted molar refractivity (Wildman–Crippen MR) is 120 cm³/mol. The molecule has 1 saturated heterocycles. The number of aliphatic hydroxyl groups is 4. The van der Waals surface area contributed by atoms with Crippen LogP contribution in [0.1, 0.15) is 11.1 Å². The van der Waals surface area contributed by atoms with Gasteiger partial charge >= 0.3 is 11.3 Å². The average molecular weight is 475 g/mol. The number of ether oxygens (including phenoxy) is 3. The van der Waals surface area contributed by atoms with Crippen molar-refractivity contribution in [2.24, 2.45) is 0 Å². The van der Waals surface area contributed by atoms with E-state index in [-0.39, 0.29) is 39.5 Å². The molecule has 3 aromatic rings. The third-order valence-corrected chi connectivity index (χ3v) is 6.03. The minimum Gasteiger partial charge on any atom is -0.507 e. The Morgan fingerprint density at radius 2 is 1.65 bits per heavy atom. The van der Waals surface area contributed by atoms with Crippen LogP contribution in [0.15, 0.2) is 34.7 Å². The maximum Gasteiger partial charge on any atom is 0.401 e. The van der Waals surface area contributed by atoms with E-state index in [0.29, 0.717) is 16.9 Å². The van der Waals surface area contributed by atoms with Crippen LogP contribution in [-0.4, -0.2) is 75.1 Å². The van der Waals surface area contributed by atoms with E-state index in [0.717, 1.165) is 0 Å². The molecular weight excluding hydrogens is 448 g/mol. The summed E-state index contributed by atoms with van der Waals surface area (Å²) in [7, 11) is 1.54. The van der Waals surface area contributed by atoms with Crippen molar-refractivity contribution in [2.45, 2.75) is 44.6 Å². The van der Waals surface area contributed by atoms with Crippen molar-refractivity contribution in [3.63, 3.8) is 0 Å². The summed E-state index contributed by atoms with van der Waals surface area (Å²) in [6, 6.07) is 8.23. The quantitative estimate of drug-likeness (QED) is 0.299. The molecule has 1 fully saturated rings. The Morgan fingerprint density at radius 1 is 0.971 bits per heavy atom. The molecule has 5 atom stereocenters. The first-order chi connectivity index (χ1) is 16.2. The first-order valence-corrected chi connectivity index (χ1v) is 10.6. The Kier molecular flexibility index (Phi) is 6.52. The molecule has 34 heavy (non-hydrogen) atoms. The summed E-state index contributed by atoms with van der Waals surface area (Å²) in [4.78, 5) is 0. The molecule has 2 heterocycles. The van der Waals surface area contributed by atoms with Crippen LogP contribution in [-0.2, 0) is 4.74 Å². The molecule has 4 rings (SSSR count). The third-order valence-electron chi connectivity index (χ3n) is 6.03. The Balaban J connectivity index is 1.82. The third kappa shape index (κ3) is 3.99. The molecule has 6 N–H and O–H groups in total. The second kappa shape index (κ2) is 9.24. The number of hydrogen-bond donors (Lipinski definition) is 6. The average Bonchev–Trinajstić information content (AvgIpc) is 2.85. The summed E-state index contributed by atoms with van der Waals surface area (Å²) in [5.41, 5.74) is 1.44. The Morgan fingerprint density at radius 3 is 2.26 bits per heavy atom. The van der Waals surface area contributed by atoms with Gasteiger partial charge in [0.1, 0.15) is 47.1 Å². The molecule has 10 nitrogen and oxygen atoms in total. The summed E-state index contributed by atoms with van der Waals surface area (Å²) in [5.74, 6) is 0.467. The summed E-state index contributed by atoms with van der Waals surface area (Å²) in [5, 5.41) is 61.6. The minimum absolute atomic E-state index is 0.0303. The van der Waals surface area contributed by atoms with E-state index >= 15 is 0 Å². The highest BCUT2D eigenvalue weighted by molar-refractivity contribution is 5.92. The summed E-state index contributed by atoms with van der Waals surface area (Å²) in [6.07, 6.45) is -7.49. The van der Waals surface area contributed by atoms with E-state index in [1.54, 1.807) is 38.1 Å². The second-order valence-corrected chi connectivity index (χ2v) is 8.17. The molecular formula is C24H27O10+. The van der Waals surface area contributed by atoms with Crippen molar-refractivity contribution in [1.29, 1.82) is 0 Å². The Hall–Kier alpha value is -3.15. The summed E-state index contributed by atoms with van der Waals surface area (Å²) >= 11 is 0. The molecule has 0 unspecified atom stereocenters. The zero-order chi connectivity index (χ0) is 24.7. The number of hydrogen-bond acceptors (Lipinski definition) is 9. The number of aliphatic hydroxyl groups excluding tert-OH is 4. The molecule has 2 aromatic carbocycles. The van der Waals surface area contributed by atoms with Gasteiger partial charge in [-0.15, -0.1) is 0 Å². The lowest BCUT2D eigenvalue weighted by Crippen LogP contribution is -2.60. The molecule has 10 heteroatoms. The van der Waals surface area contributed by atoms with Gasteiger partial charge in [-0.25, -0.2) is 4.42 Å². The van der Waals surface area contributed by atoms with Crippen molar-refractivity contribution >= 4 is 11.0 Å². The Labute approximate surface area is 194 Å². The number of phenols is 1. The zero-order valence-electron chi connectivity index (χ0n) is 18.8. The van der Waals surface area contributed by atoms with Crippen LogP contribution in [0.5, 0.6) is 23.0 Å². The predicted octanol–water partition coefficient (Wildman–Crippen LogP) is 1.60. The monoisotopic (exact) mass is 475 g/mol. The number of aromatic hydroxyl groups is 2. The van der Waals surface area contributed by atoms with E-state index in [1.165, 1.54) is 13.2 Å². The van der Waals surface area contributed by atoms with Crippen molar-refractivity contribution in [3.05, 3.63) is 41.5 Å². The van der Waals surface area contributed by atoms with Crippen LogP contribution in [0, 0.1) is 13.8 Å². The highest BCUT2D eigenvalue weighted by atomic mass is 16.7. The summed E-state index contributed by atoms with van der Waals surface area (Å²) < 4.78 is 22.4. The highest BCUT2D eigenvalue weighted by Crippen LogP contribution is 2.45. The number of aryl methyl sites for hydroxylation is 1. The maximum atomic E-state index is 10.7. The van der Waals surface area contributed by atoms with E-state index in [2.05, 4.69) is 0 Å². The Bertz CT molecular complexity index is 1190. The lowest BCUT2D eigenvalue weighted by atomic mass is 9.99. The normalized spacial score (nSPS) is 24.9. The highest BCUT2D eigenvalue weighted by Gasteiger charge is 2.45. The van der Waals surface area contributed by atoms with Crippen molar-refractivity contribution in [1.82, 2.24) is 0 Å². The van der Waals surface area contributed by atoms with Crippen LogP contribution in [0.3, 0.4) is 0 Å². The number of fused-ring (bicyclic) bond motifs is 1. The molecule has 182 valence electrons. The fraction of sp³-hybridized carbons (Fsp3) is 0.375. The molecule has 0 aliphatic carbocycles. The number of methoxy groups -OCH3 is 1. The molecule has 1 aromatic heterocycles. The van der Waals surface area contributed by atoms with E-state index in [1.807, 2.05) is 0 Å². The SMILES string of the molecule is COc1ccc(-c2[o+]c3c(C)c(O)c(C)c(O[C@@H]4O[C@H](CO)[C@@H](O)[C@H](O)[C@H]4O)c3cc2O)cc1. The lowest BCUT2D eigenvalue weighted by molar-refractivity contribution is -0.277. The van der Waals surface area contributed by atoms with Crippen molar-refractivity contribution in [2.75, 3.05) is 13.7 Å². The van der Waals surface area contributed by atoms with Gasteiger partial charge in [0.25, 0.3) is 0 Å². The van der Waals surface area contributed by atoms with Gasteiger partial charge in [-0.2, -0.15) is 0 Å². The second-order valence-electron chi connectivity index (χ2n) is 8.17. The molecule has 1 aliphatic rings. The molecule has 0 saturated carbocycles. The number of benzene rings is 2. The summed E-state index contributed by atoms with van der Waals surface area (Å²) in [6.45, 7) is 2.58. The van der Waals surface area contributed by atoms with Crippen molar-refractivity contribution in [3.8, 4) is 34.3 Å². The van der Waals surface area contributed by atoms with E-state index < -0.39 is 37.3 Å². The number of rotatable bonds is 5. The van der Waals surface area contributed by atoms with Crippen LogP contribution in [0.2, 0.25) is 0 Å². The van der Waals surface area contributed by atoms with Crippen LogP contribution < -0.4 is 9.47 Å². The van der Waals surface area contributed by atoms with Crippen molar-refractivity contribution < 1.29 is 49.3 Å². The first-order valence-electron chi connectivity index (χ1n) is 10.6. The molecule has 0 bridgehead atoms. The van der Waals surface area contributed by atoms with Gasteiger partial charge in [0, 0.05) is 11.6 Å². The van der Waals surface area contributed by atoms with Gasteiger partial charge in [0.2, 0.25) is 12.0 Å². The topological polar surface area (TPSA) is 160 Å². The van der Waals surface area contributed by atoms with Gasteiger partial charge in [-0.1, -0.05) is 0 Å². The molecule has 0 spiro atoms. The zero-order valence-corrected chi connectivity index (χ0v) is 18.8. The van der Waals surface area contributed by atoms with Gasteiger partial charge in [0.15, 0.2) is 0 Å². The van der Waals surface area contributed by atoms with Gasteiger partial charge in [-0.05, 0) is 38.1 Å². The molecule has 1 aliphatic heterocycles. The van der Waals surface area contributed by atoms with Crippen LogP contribution in [0.4, 0.5) is 0 Å². The van der Waals surface area contributed by atoms with E-state index in [9.17, 15) is 30.6 Å². The molecule has 0 radical (unpaired) electrons. The van der Waals surface area contributed by atoms with Crippen LogP contribution >= 0.6 is 0 Å². The van der Waals surface area contributed by atoms with Crippen LogP contribution in [0.25, 0.3) is 22.3 Å². The minimum atomic E-state index is -1.65. The van der Waals surface area contributed by atoms with E-state index in [4.69, 9.17) is 18.6 Å². The standard InChI is InChI=1S/C24H26O10/c1-10-17(27)11(2)22(34-24-20(30)19(29)18(28)16(9-25)32-24)14-8-15(26)23(33-21(10)14)12-4-6-13(31-3)7-5-12/h4-8,16,18-20,24-25,28-30H,9H2,1-3H3,(H-,26,27)/p+1/t16-,18-,19+,20-,24+/m1/s1. The van der Waals surface area contributed by atoms with Gasteiger partial charge < -0.3 is 44.8 Å². The first kappa shape index (κ1) is 24.0. The fourth-order valence-electron chi connectivity index (χ4n) is 4.00. The smallest absolute Gasteiger partial charge is 0.401 e. The van der Waals surface area contributed by atoms with Gasteiger partial charge in [0.05, 0.1) is 24.8 Å².